The zero-order chi connectivity index (χ0) is 27.2. The molecule has 0 aliphatic carbocycles. The second-order valence-electron chi connectivity index (χ2n) is 8.44. The summed E-state index contributed by atoms with van der Waals surface area (Å²) in [6.45, 7) is -0.246. The third-order valence-electron chi connectivity index (χ3n) is 5.71. The first-order valence-corrected chi connectivity index (χ1v) is 12.3. The highest BCUT2D eigenvalue weighted by Gasteiger charge is 2.21. The average Bonchev–Trinajstić information content (AvgIpc) is 3.37. The van der Waals surface area contributed by atoms with Crippen LogP contribution in [-0.2, 0) is 9.59 Å². The van der Waals surface area contributed by atoms with Crippen LogP contribution in [0.25, 0.3) is 10.9 Å². The molecule has 6 N–H and O–H groups in total. The van der Waals surface area contributed by atoms with Crippen LogP contribution in [-0.4, -0.2) is 72.0 Å². The van der Waals surface area contributed by atoms with Crippen molar-refractivity contribution in [1.82, 2.24) is 26.1 Å². The molecule has 2 atom stereocenters. The number of H-pyrrole nitrogens is 1. The van der Waals surface area contributed by atoms with E-state index in [4.69, 9.17) is 4.74 Å². The molecule has 0 fully saturated rings. The number of aliphatic carboxylic acids is 1. The first kappa shape index (κ1) is 26.9. The molecular weight excluding hydrogens is 565 g/mol. The average molecular weight is 590 g/mol. The molecule has 2 heterocycles. The number of anilines is 1. The molecule has 0 saturated carbocycles. The summed E-state index contributed by atoms with van der Waals surface area (Å²) in [5, 5.41) is 27.9. The first-order chi connectivity index (χ1) is 18.2. The minimum absolute atomic E-state index is 0.0233. The number of fused-ring (bicyclic) bond motifs is 1. The molecule has 1 unspecified atom stereocenters. The molecule has 0 radical (unpaired) electrons. The topological polar surface area (TPSA) is 170 Å². The van der Waals surface area contributed by atoms with E-state index in [9.17, 15) is 23.9 Å². The van der Waals surface area contributed by atoms with E-state index in [1.54, 1.807) is 36.5 Å². The predicted molar refractivity (Wildman–Crippen MR) is 141 cm³/mol. The van der Waals surface area contributed by atoms with Gasteiger partial charge in [0.15, 0.2) is 5.96 Å². The number of carboxylic acid groups (broad SMARTS) is 1. The van der Waals surface area contributed by atoms with E-state index in [-0.39, 0.29) is 31.6 Å². The Morgan fingerprint density at radius 2 is 2.11 bits per heavy atom. The Labute approximate surface area is 224 Å². The number of nitrogens with zero attached hydrogens (tertiary/aromatic N) is 2. The normalized spacial score (nSPS) is 15.7. The largest absolute Gasteiger partial charge is 0.496 e. The standard InChI is InChI=1S/C24H25BrFN7O5/c1-38-20-3-2-12(4-16(20)25)17(7-22(35)36)31-21(34)11-27-23(37)13-5-18(15-10-30-33-19(15)6-13)32-24-28-8-14(26)9-29-24/h2-6,10,14,17H,7-9,11H2,1H3,(H,27,37)(H,30,33)(H,31,34)(H,35,36)(H2,28,29,32)/t17-/m0/s1. The van der Waals surface area contributed by atoms with Crippen molar-refractivity contribution in [3.05, 3.63) is 52.1 Å². The maximum atomic E-state index is 13.4. The number of aromatic amines is 1. The number of carbonyl (C=O) groups is 3. The maximum Gasteiger partial charge on any atom is 0.305 e. The summed E-state index contributed by atoms with van der Waals surface area (Å²) < 4.78 is 19.2. The highest BCUT2D eigenvalue weighted by Crippen LogP contribution is 2.29. The van der Waals surface area contributed by atoms with Crippen LogP contribution in [0, 0.1) is 0 Å². The van der Waals surface area contributed by atoms with E-state index in [2.05, 4.69) is 52.4 Å². The van der Waals surface area contributed by atoms with E-state index in [1.165, 1.54) is 7.11 Å². The molecule has 4 rings (SSSR count). The highest BCUT2D eigenvalue weighted by molar-refractivity contribution is 9.10. The van der Waals surface area contributed by atoms with Gasteiger partial charge < -0.3 is 31.1 Å². The fourth-order valence-electron chi connectivity index (χ4n) is 3.85. The summed E-state index contributed by atoms with van der Waals surface area (Å²) in [6, 6.07) is 7.30. The predicted octanol–water partition coefficient (Wildman–Crippen LogP) is 2.11. The zero-order valence-corrected chi connectivity index (χ0v) is 21.8. The molecule has 12 nitrogen and oxygen atoms in total. The van der Waals surface area contributed by atoms with Crippen molar-refractivity contribution in [2.75, 3.05) is 32.1 Å². The summed E-state index contributed by atoms with van der Waals surface area (Å²) in [7, 11) is 1.50. The van der Waals surface area contributed by atoms with Gasteiger partial charge in [-0.3, -0.25) is 19.5 Å². The number of hydrogen-bond acceptors (Lipinski definition) is 8. The second kappa shape index (κ2) is 11.9. The van der Waals surface area contributed by atoms with Gasteiger partial charge in [0.2, 0.25) is 5.91 Å². The Bertz CT molecular complexity index is 1400. The molecule has 200 valence electrons. The number of alkyl halides is 1. The second-order valence-corrected chi connectivity index (χ2v) is 9.30. The number of guanidine groups is 1. The maximum absolute atomic E-state index is 13.4. The van der Waals surface area contributed by atoms with Gasteiger partial charge in [0.25, 0.3) is 5.91 Å². The number of methoxy groups -OCH3 is 1. The van der Waals surface area contributed by atoms with Gasteiger partial charge in [-0.05, 0) is 45.8 Å². The molecule has 1 aliphatic heterocycles. The number of hydrogen-bond donors (Lipinski definition) is 6. The highest BCUT2D eigenvalue weighted by atomic mass is 79.9. The molecule has 1 aromatic heterocycles. The molecular formula is C24H25BrFN7O5. The van der Waals surface area contributed by atoms with Gasteiger partial charge in [0.05, 0.1) is 61.1 Å². The molecule has 2 aromatic carbocycles. The van der Waals surface area contributed by atoms with Gasteiger partial charge in [0.1, 0.15) is 11.9 Å². The van der Waals surface area contributed by atoms with Crippen molar-refractivity contribution in [2.45, 2.75) is 18.6 Å². The quantitative estimate of drug-likeness (QED) is 0.220. The minimum atomic E-state index is -1.10. The van der Waals surface area contributed by atoms with E-state index >= 15 is 0 Å². The minimum Gasteiger partial charge on any atom is -0.496 e. The van der Waals surface area contributed by atoms with Crippen LogP contribution < -0.4 is 26.0 Å². The van der Waals surface area contributed by atoms with Gasteiger partial charge >= 0.3 is 5.97 Å². The number of nitrogens with one attached hydrogen (secondary N) is 5. The number of aromatic nitrogens is 2. The van der Waals surface area contributed by atoms with E-state index in [0.29, 0.717) is 38.3 Å². The molecule has 2 amide bonds. The number of carboxylic acids is 1. The van der Waals surface area contributed by atoms with Crippen molar-refractivity contribution in [2.24, 2.45) is 4.99 Å². The molecule has 38 heavy (non-hydrogen) atoms. The lowest BCUT2D eigenvalue weighted by atomic mass is 10.0. The lowest BCUT2D eigenvalue weighted by Crippen LogP contribution is -2.41. The van der Waals surface area contributed by atoms with Crippen LogP contribution in [0.3, 0.4) is 0 Å². The number of rotatable bonds is 9. The molecule has 0 bridgehead atoms. The van der Waals surface area contributed by atoms with Gasteiger partial charge in [0, 0.05) is 10.9 Å². The summed E-state index contributed by atoms with van der Waals surface area (Å²) in [5.41, 5.74) is 1.87. The molecule has 14 heteroatoms. The van der Waals surface area contributed by atoms with E-state index in [0.717, 1.165) is 0 Å². The van der Waals surface area contributed by atoms with Gasteiger partial charge in [-0.1, -0.05) is 6.07 Å². The van der Waals surface area contributed by atoms with Crippen molar-refractivity contribution in [3.8, 4) is 5.75 Å². The van der Waals surface area contributed by atoms with Gasteiger partial charge in [-0.2, -0.15) is 5.10 Å². The number of ether oxygens (including phenoxy) is 1. The van der Waals surface area contributed by atoms with Crippen molar-refractivity contribution in [3.63, 3.8) is 0 Å². The summed E-state index contributed by atoms with van der Waals surface area (Å²) in [6.07, 6.45) is 0.151. The lowest BCUT2D eigenvalue weighted by molar-refractivity contribution is -0.137. The van der Waals surface area contributed by atoms with Gasteiger partial charge in [-0.25, -0.2) is 9.38 Å². The monoisotopic (exact) mass is 589 g/mol. The lowest BCUT2D eigenvalue weighted by Gasteiger charge is -2.19. The zero-order valence-electron chi connectivity index (χ0n) is 20.2. The van der Waals surface area contributed by atoms with Crippen LogP contribution in [0.1, 0.15) is 28.4 Å². The van der Waals surface area contributed by atoms with Crippen LogP contribution in [0.5, 0.6) is 5.75 Å². The van der Waals surface area contributed by atoms with E-state index < -0.39 is 30.0 Å². The first-order valence-electron chi connectivity index (χ1n) is 11.5. The smallest absolute Gasteiger partial charge is 0.305 e. The number of halogens is 2. The van der Waals surface area contributed by atoms with Crippen LogP contribution >= 0.6 is 15.9 Å². The van der Waals surface area contributed by atoms with E-state index in [1.807, 2.05) is 0 Å². The SMILES string of the molecule is COc1ccc([C@H](CC(=O)O)NC(=O)CNC(=O)c2cc(NC3=NCC(F)CN3)c3cn[nH]c3c2)cc1Br. The molecule has 3 aromatic rings. The van der Waals surface area contributed by atoms with Crippen LogP contribution in [0.4, 0.5) is 10.1 Å². The summed E-state index contributed by atoms with van der Waals surface area (Å²) in [5.74, 6) is -1.28. The number of aliphatic imine (C=N–C) groups is 1. The summed E-state index contributed by atoms with van der Waals surface area (Å²) in [4.78, 5) is 41.0. The Hall–Kier alpha value is -4.20. The third-order valence-corrected chi connectivity index (χ3v) is 6.33. The fraction of sp³-hybridized carbons (Fsp3) is 0.292. The number of carbonyl (C=O) groups excluding carboxylic acids is 2. The fourth-order valence-corrected chi connectivity index (χ4v) is 4.41. The molecule has 0 spiro atoms. The van der Waals surface area contributed by atoms with Crippen molar-refractivity contribution in [1.29, 1.82) is 0 Å². The van der Waals surface area contributed by atoms with Gasteiger partial charge in [-0.15, -0.1) is 0 Å². The van der Waals surface area contributed by atoms with Crippen molar-refractivity contribution < 1.29 is 28.6 Å². The Kier molecular flexibility index (Phi) is 8.41. The van der Waals surface area contributed by atoms with Crippen LogP contribution in [0.15, 0.2) is 46.0 Å². The Balaban J connectivity index is 1.43. The number of benzene rings is 2. The molecule has 1 aliphatic rings. The Morgan fingerprint density at radius 1 is 1.29 bits per heavy atom. The van der Waals surface area contributed by atoms with Crippen LogP contribution in [0.2, 0.25) is 0 Å². The summed E-state index contributed by atoms with van der Waals surface area (Å²) >= 11 is 3.36. The third kappa shape index (κ3) is 6.56. The molecule has 0 saturated heterocycles. The number of amides is 2. The van der Waals surface area contributed by atoms with Crippen molar-refractivity contribution >= 4 is 56.3 Å². The Morgan fingerprint density at radius 3 is 2.79 bits per heavy atom.